The van der Waals surface area contributed by atoms with Gasteiger partial charge in [0.2, 0.25) is 0 Å². The normalized spacial score (nSPS) is 11.1. The quantitative estimate of drug-likeness (QED) is 0.419. The van der Waals surface area contributed by atoms with Gasteiger partial charge in [0.05, 0.1) is 12.3 Å². The summed E-state index contributed by atoms with van der Waals surface area (Å²) in [6.45, 7) is 7.15. The van der Waals surface area contributed by atoms with Crippen LogP contribution in [0.1, 0.15) is 36.5 Å². The number of rotatable bonds is 7. The van der Waals surface area contributed by atoms with Gasteiger partial charge < -0.3 is 4.74 Å². The zero-order chi connectivity index (χ0) is 20.9. The molecule has 0 atom stereocenters. The van der Waals surface area contributed by atoms with Gasteiger partial charge in [0.25, 0.3) is 0 Å². The summed E-state index contributed by atoms with van der Waals surface area (Å²) < 4.78 is 7.85. The molecule has 5 heteroatoms. The van der Waals surface area contributed by atoms with E-state index in [9.17, 15) is 0 Å². The van der Waals surface area contributed by atoms with E-state index < -0.39 is 0 Å². The Morgan fingerprint density at radius 2 is 1.77 bits per heavy atom. The maximum absolute atomic E-state index is 6.16. The van der Waals surface area contributed by atoms with Gasteiger partial charge >= 0.3 is 0 Å². The molecule has 152 valence electrons. The summed E-state index contributed by atoms with van der Waals surface area (Å²) in [7, 11) is 0. The molecule has 0 N–H and O–H groups in total. The van der Waals surface area contributed by atoms with Crippen LogP contribution in [0.25, 0.3) is 16.8 Å². The molecule has 0 fully saturated rings. The number of aromatic nitrogens is 4. The van der Waals surface area contributed by atoms with E-state index in [1.54, 1.807) is 11.0 Å². The van der Waals surface area contributed by atoms with Crippen LogP contribution in [-0.4, -0.2) is 26.8 Å². The summed E-state index contributed by atoms with van der Waals surface area (Å²) in [5, 5.41) is 11.5. The van der Waals surface area contributed by atoms with E-state index in [0.29, 0.717) is 12.5 Å². The van der Waals surface area contributed by atoms with Crippen LogP contribution < -0.4 is 4.74 Å². The van der Waals surface area contributed by atoms with Gasteiger partial charge in [0.1, 0.15) is 12.1 Å². The third kappa shape index (κ3) is 4.40. The van der Waals surface area contributed by atoms with Crippen LogP contribution >= 0.6 is 0 Å². The molecule has 0 amide bonds. The van der Waals surface area contributed by atoms with Crippen LogP contribution in [0, 0.1) is 6.92 Å². The Kier molecular flexibility index (Phi) is 5.89. The Balaban J connectivity index is 1.52. The van der Waals surface area contributed by atoms with Crippen LogP contribution in [0.2, 0.25) is 0 Å². The first-order chi connectivity index (χ1) is 14.6. The fourth-order valence-electron chi connectivity index (χ4n) is 3.75. The average Bonchev–Trinajstić information content (AvgIpc) is 3.28. The van der Waals surface area contributed by atoms with Crippen molar-refractivity contribution in [1.29, 1.82) is 0 Å². The third-order valence-electron chi connectivity index (χ3n) is 5.17. The second-order valence-corrected chi connectivity index (χ2v) is 7.76. The Morgan fingerprint density at radius 3 is 2.57 bits per heavy atom. The topological polar surface area (TPSA) is 52.8 Å². The summed E-state index contributed by atoms with van der Waals surface area (Å²) in [4.78, 5) is 0. The molecule has 0 aliphatic carbocycles. The zero-order valence-electron chi connectivity index (χ0n) is 17.6. The highest BCUT2D eigenvalue weighted by molar-refractivity contribution is 5.70. The number of hydrogen-bond acceptors (Lipinski definition) is 4. The molecule has 4 aromatic rings. The Morgan fingerprint density at radius 1 is 0.967 bits per heavy atom. The first kappa shape index (κ1) is 19.8. The lowest BCUT2D eigenvalue weighted by Crippen LogP contribution is -2.06. The molecule has 0 aliphatic rings. The van der Waals surface area contributed by atoms with E-state index in [1.807, 2.05) is 18.2 Å². The summed E-state index contributed by atoms with van der Waals surface area (Å²) in [6.07, 6.45) is 2.38. The Hall–Kier alpha value is -3.47. The van der Waals surface area contributed by atoms with Gasteiger partial charge in [-0.15, -0.1) is 5.10 Å². The SMILES string of the molecule is Cc1cc(OCCc2ccccc2-n2cnnn2)cc(-c2ccccc2C(C)C)c1. The first-order valence-corrected chi connectivity index (χ1v) is 10.3. The molecule has 1 heterocycles. The van der Waals surface area contributed by atoms with Crippen LogP contribution in [0.5, 0.6) is 5.75 Å². The predicted molar refractivity (Wildman–Crippen MR) is 119 cm³/mol. The number of hydrogen-bond donors (Lipinski definition) is 0. The highest BCUT2D eigenvalue weighted by atomic mass is 16.5. The fourth-order valence-corrected chi connectivity index (χ4v) is 3.75. The van der Waals surface area contributed by atoms with Gasteiger partial charge in [0.15, 0.2) is 0 Å². The van der Waals surface area contributed by atoms with Crippen LogP contribution in [0.4, 0.5) is 0 Å². The highest BCUT2D eigenvalue weighted by Crippen LogP contribution is 2.32. The predicted octanol–water partition coefficient (Wildman–Crippen LogP) is 5.38. The maximum Gasteiger partial charge on any atom is 0.143 e. The number of tetrazole rings is 1. The van der Waals surface area contributed by atoms with Crippen LogP contribution in [0.3, 0.4) is 0 Å². The van der Waals surface area contributed by atoms with Crippen LogP contribution in [0.15, 0.2) is 73.1 Å². The van der Waals surface area contributed by atoms with Crippen LogP contribution in [-0.2, 0) is 6.42 Å². The number of para-hydroxylation sites is 1. The Labute approximate surface area is 177 Å². The molecule has 0 saturated carbocycles. The van der Waals surface area contributed by atoms with Crippen molar-refractivity contribution in [3.05, 3.63) is 89.7 Å². The van der Waals surface area contributed by atoms with Crippen molar-refractivity contribution in [2.75, 3.05) is 6.61 Å². The van der Waals surface area contributed by atoms with Gasteiger partial charge in [-0.1, -0.05) is 62.4 Å². The molecule has 0 radical (unpaired) electrons. The lowest BCUT2D eigenvalue weighted by molar-refractivity contribution is 0.321. The number of aryl methyl sites for hydroxylation is 1. The molecule has 0 saturated heterocycles. The monoisotopic (exact) mass is 398 g/mol. The zero-order valence-corrected chi connectivity index (χ0v) is 17.6. The smallest absolute Gasteiger partial charge is 0.143 e. The molecular formula is C25H26N4O. The van der Waals surface area contributed by atoms with E-state index in [2.05, 4.69) is 84.8 Å². The number of benzene rings is 3. The van der Waals surface area contributed by atoms with Gasteiger partial charge in [-0.05, 0) is 69.3 Å². The minimum atomic E-state index is 0.467. The average molecular weight is 399 g/mol. The first-order valence-electron chi connectivity index (χ1n) is 10.3. The van der Waals surface area contributed by atoms with E-state index >= 15 is 0 Å². The van der Waals surface area contributed by atoms with E-state index in [1.165, 1.54) is 22.3 Å². The summed E-state index contributed by atoms with van der Waals surface area (Å²) in [5.74, 6) is 1.36. The molecule has 0 aliphatic heterocycles. The largest absolute Gasteiger partial charge is 0.493 e. The third-order valence-corrected chi connectivity index (χ3v) is 5.17. The van der Waals surface area contributed by atoms with E-state index in [4.69, 9.17) is 4.74 Å². The molecule has 0 unspecified atom stereocenters. The Bertz CT molecular complexity index is 1120. The second kappa shape index (κ2) is 8.91. The lowest BCUT2D eigenvalue weighted by atomic mass is 9.92. The van der Waals surface area contributed by atoms with Crippen molar-refractivity contribution in [3.63, 3.8) is 0 Å². The number of nitrogens with zero attached hydrogens (tertiary/aromatic N) is 4. The second-order valence-electron chi connectivity index (χ2n) is 7.76. The van der Waals surface area contributed by atoms with Crippen molar-refractivity contribution in [2.24, 2.45) is 0 Å². The molecule has 1 aromatic heterocycles. The lowest BCUT2D eigenvalue weighted by Gasteiger charge is -2.15. The molecule has 0 bridgehead atoms. The van der Waals surface area contributed by atoms with Crippen molar-refractivity contribution in [1.82, 2.24) is 20.2 Å². The maximum atomic E-state index is 6.16. The standard InChI is InChI=1S/C25H26N4O/c1-18(2)23-9-5-6-10-24(23)21-14-19(3)15-22(16-21)30-13-12-20-8-4-7-11-25(20)29-17-26-27-28-29/h4-11,14-18H,12-13H2,1-3H3. The van der Waals surface area contributed by atoms with Crippen molar-refractivity contribution < 1.29 is 4.74 Å². The molecule has 0 spiro atoms. The molecule has 4 rings (SSSR count). The van der Waals surface area contributed by atoms with Gasteiger partial charge in [-0.2, -0.15) is 0 Å². The van der Waals surface area contributed by atoms with Crippen molar-refractivity contribution in [3.8, 4) is 22.6 Å². The molecular weight excluding hydrogens is 372 g/mol. The minimum absolute atomic E-state index is 0.467. The fraction of sp³-hybridized carbons (Fsp3) is 0.240. The number of ether oxygens (including phenoxy) is 1. The molecule has 5 nitrogen and oxygen atoms in total. The van der Waals surface area contributed by atoms with Gasteiger partial charge in [-0.3, -0.25) is 0 Å². The van der Waals surface area contributed by atoms with Crippen molar-refractivity contribution >= 4 is 0 Å². The summed E-state index contributed by atoms with van der Waals surface area (Å²) in [6, 6.07) is 23.2. The van der Waals surface area contributed by atoms with E-state index in [0.717, 1.165) is 23.4 Å². The van der Waals surface area contributed by atoms with Gasteiger partial charge in [-0.25, -0.2) is 4.68 Å². The van der Waals surface area contributed by atoms with Gasteiger partial charge in [0, 0.05) is 6.42 Å². The molecule has 3 aromatic carbocycles. The highest BCUT2D eigenvalue weighted by Gasteiger charge is 2.10. The van der Waals surface area contributed by atoms with E-state index in [-0.39, 0.29) is 0 Å². The minimum Gasteiger partial charge on any atom is -0.493 e. The summed E-state index contributed by atoms with van der Waals surface area (Å²) in [5.41, 5.74) is 7.12. The van der Waals surface area contributed by atoms with Crippen molar-refractivity contribution in [2.45, 2.75) is 33.1 Å². The summed E-state index contributed by atoms with van der Waals surface area (Å²) >= 11 is 0. The molecule has 30 heavy (non-hydrogen) atoms.